The second-order valence-electron chi connectivity index (χ2n) is 12.8. The van der Waals surface area contributed by atoms with Gasteiger partial charge in [-0.2, -0.15) is 10.2 Å². The second-order valence-corrected chi connectivity index (χ2v) is 12.8. The van der Waals surface area contributed by atoms with Gasteiger partial charge in [-0.05, 0) is 62.1 Å². The van der Waals surface area contributed by atoms with Crippen molar-refractivity contribution in [1.29, 1.82) is 0 Å². The zero-order valence-corrected chi connectivity index (χ0v) is 29.9. The van der Waals surface area contributed by atoms with Gasteiger partial charge in [-0.25, -0.2) is 9.97 Å². The van der Waals surface area contributed by atoms with Gasteiger partial charge in [-0.15, -0.1) is 12.8 Å². The van der Waals surface area contributed by atoms with E-state index in [1.54, 1.807) is 17.2 Å². The number of hydrogen-bond acceptors (Lipinski definition) is 10. The van der Waals surface area contributed by atoms with Crippen LogP contribution in [0.4, 0.5) is 5.69 Å². The topological polar surface area (TPSA) is 175 Å². The summed E-state index contributed by atoms with van der Waals surface area (Å²) in [6.07, 6.45) is 15.5. The summed E-state index contributed by atoms with van der Waals surface area (Å²) in [5, 5.41) is 33.8. The molecule has 0 bridgehead atoms. The lowest BCUT2D eigenvalue weighted by atomic mass is 9.98. The summed E-state index contributed by atoms with van der Waals surface area (Å²) in [6, 6.07) is 17.5. The van der Waals surface area contributed by atoms with Gasteiger partial charge in [0.25, 0.3) is 0 Å². The van der Waals surface area contributed by atoms with Gasteiger partial charge in [0, 0.05) is 60.6 Å². The molecule has 3 aromatic heterocycles. The van der Waals surface area contributed by atoms with Crippen molar-refractivity contribution < 1.29 is 24.5 Å². The molecule has 5 heterocycles. The summed E-state index contributed by atoms with van der Waals surface area (Å²) >= 11 is 0. The van der Waals surface area contributed by atoms with E-state index >= 15 is 0 Å². The first-order valence-corrected chi connectivity index (χ1v) is 17.4. The number of aliphatic hydroxyl groups is 2. The Hall–Kier alpha value is -5.88. The van der Waals surface area contributed by atoms with Crippen molar-refractivity contribution in [2.24, 2.45) is 0 Å². The Morgan fingerprint density at radius 1 is 1.08 bits per heavy atom. The number of carbonyl (C=O) groups is 2. The number of H-pyrrole nitrogens is 1. The highest BCUT2D eigenvalue weighted by Crippen LogP contribution is 2.29. The SMILES string of the molecule is C#C.CC(C)Oc1ccc(-c2n[nH]c3ccc(NC=O)cc23)cn1.O=C(CN1CC[C@H](O)C1)N1CC=C(c2ccc(-c3ncn(CCO)n3)cc2)CC1. The number of ether oxygens (including phenoxy) is 1. The number of benzene rings is 2. The minimum atomic E-state index is -0.294. The predicted molar refractivity (Wildman–Crippen MR) is 203 cm³/mol. The summed E-state index contributed by atoms with van der Waals surface area (Å²) in [4.78, 5) is 35.6. The maximum Gasteiger partial charge on any atom is 0.237 e. The molecular weight excluding hydrogens is 674 g/mol. The third-order valence-corrected chi connectivity index (χ3v) is 8.70. The van der Waals surface area contributed by atoms with Crippen molar-refractivity contribution in [3.05, 3.63) is 78.8 Å². The van der Waals surface area contributed by atoms with Gasteiger partial charge < -0.3 is 25.2 Å². The first-order chi connectivity index (χ1) is 25.8. The van der Waals surface area contributed by atoms with Crippen LogP contribution in [0.3, 0.4) is 0 Å². The Labute approximate surface area is 308 Å². The number of rotatable bonds is 11. The van der Waals surface area contributed by atoms with Crippen LogP contribution in [0, 0.1) is 12.8 Å². The molecule has 2 aromatic carbocycles. The van der Waals surface area contributed by atoms with Crippen molar-refractivity contribution in [1.82, 2.24) is 39.7 Å². The molecular formula is C39H45N9O5. The van der Waals surface area contributed by atoms with Crippen molar-refractivity contribution in [2.45, 2.75) is 45.4 Å². The number of aromatic amines is 1. The zero-order chi connectivity index (χ0) is 37.7. The van der Waals surface area contributed by atoms with Gasteiger partial charge in [0.15, 0.2) is 5.82 Å². The van der Waals surface area contributed by atoms with E-state index < -0.39 is 0 Å². The molecule has 1 fully saturated rings. The van der Waals surface area contributed by atoms with Crippen LogP contribution in [-0.4, -0.2) is 114 Å². The summed E-state index contributed by atoms with van der Waals surface area (Å²) in [6.45, 7) is 7.51. The fourth-order valence-corrected chi connectivity index (χ4v) is 6.10. The minimum absolute atomic E-state index is 0.0371. The number of aliphatic hydroxyl groups excluding tert-OH is 2. The lowest BCUT2D eigenvalue weighted by molar-refractivity contribution is -0.131. The zero-order valence-electron chi connectivity index (χ0n) is 29.9. The average Bonchev–Trinajstić information content (AvgIpc) is 3.93. The number of anilines is 1. The number of hydrogen-bond donors (Lipinski definition) is 4. The Balaban J connectivity index is 0.000000202. The van der Waals surface area contributed by atoms with Crippen molar-refractivity contribution in [3.8, 4) is 41.4 Å². The number of nitrogens with one attached hydrogen (secondary N) is 2. The smallest absolute Gasteiger partial charge is 0.237 e. The standard InChI is InChI=1S/C21H27N5O3.C16H16N4O2.C2H2/c27-12-11-26-15-22-21(23-26)18-3-1-16(2-4-18)17-5-9-25(10-6-17)20(29)14-24-8-7-19(28)13-24;1-10(2)22-15-6-3-11(8-17-15)16-13-7-12(18-9-21)4-5-14(13)19-20-16;1-2/h1-5,15,19,27-28H,6-14H2;3-10H,1-2H3,(H,18,21)(H,19,20);1-2H/t19-;;/m0../s1. The molecule has 0 radical (unpaired) electrons. The maximum absolute atomic E-state index is 12.5. The van der Waals surface area contributed by atoms with Crippen molar-refractivity contribution >= 4 is 34.5 Å². The maximum atomic E-state index is 12.5. The summed E-state index contributed by atoms with van der Waals surface area (Å²) in [5.74, 6) is 1.36. The van der Waals surface area contributed by atoms with Gasteiger partial charge in [0.05, 0.1) is 37.4 Å². The molecule has 14 heteroatoms. The molecule has 0 aliphatic carbocycles. The first-order valence-electron chi connectivity index (χ1n) is 17.4. The molecule has 14 nitrogen and oxygen atoms in total. The van der Waals surface area contributed by atoms with Gasteiger partial charge >= 0.3 is 0 Å². The minimum Gasteiger partial charge on any atom is -0.475 e. The fourth-order valence-electron chi connectivity index (χ4n) is 6.10. The molecule has 7 rings (SSSR count). The molecule has 53 heavy (non-hydrogen) atoms. The van der Waals surface area contributed by atoms with Gasteiger partial charge in [0.2, 0.25) is 18.2 Å². The quantitative estimate of drug-likeness (QED) is 0.116. The van der Waals surface area contributed by atoms with Crippen LogP contribution in [0.15, 0.2) is 73.2 Å². The van der Waals surface area contributed by atoms with Gasteiger partial charge in [0.1, 0.15) is 12.0 Å². The number of amides is 2. The Kier molecular flexibility index (Phi) is 13.4. The van der Waals surface area contributed by atoms with Crippen LogP contribution in [0.1, 0.15) is 32.3 Å². The monoisotopic (exact) mass is 719 g/mol. The summed E-state index contributed by atoms with van der Waals surface area (Å²) < 4.78 is 7.16. The number of nitrogens with zero attached hydrogens (tertiary/aromatic N) is 7. The third-order valence-electron chi connectivity index (χ3n) is 8.70. The average molecular weight is 720 g/mol. The Bertz CT molecular complexity index is 2000. The fraction of sp³-hybridized carbons (Fsp3) is 0.333. The highest BCUT2D eigenvalue weighted by Gasteiger charge is 2.25. The Morgan fingerprint density at radius 2 is 1.85 bits per heavy atom. The van der Waals surface area contributed by atoms with Crippen molar-refractivity contribution in [2.75, 3.05) is 44.6 Å². The summed E-state index contributed by atoms with van der Waals surface area (Å²) in [5.41, 5.74) is 6.62. The molecule has 276 valence electrons. The van der Waals surface area contributed by atoms with Gasteiger partial charge in [-0.1, -0.05) is 30.3 Å². The molecule has 2 aliphatic heterocycles. The highest BCUT2D eigenvalue weighted by molar-refractivity contribution is 5.95. The van der Waals surface area contributed by atoms with E-state index in [-0.39, 0.29) is 24.7 Å². The molecule has 5 aromatic rings. The lowest BCUT2D eigenvalue weighted by Gasteiger charge is -2.28. The third kappa shape index (κ3) is 10.1. The Morgan fingerprint density at radius 3 is 2.49 bits per heavy atom. The molecule has 2 aliphatic rings. The second kappa shape index (κ2) is 18.6. The molecule has 4 N–H and O–H groups in total. The van der Waals surface area contributed by atoms with E-state index in [1.807, 2.05) is 66.1 Å². The van der Waals surface area contributed by atoms with Gasteiger partial charge in [-0.3, -0.25) is 24.3 Å². The number of terminal acetylenes is 1. The normalized spacial score (nSPS) is 15.6. The van der Waals surface area contributed by atoms with Crippen LogP contribution < -0.4 is 10.1 Å². The van der Waals surface area contributed by atoms with E-state index in [0.29, 0.717) is 44.3 Å². The first kappa shape index (κ1) is 38.4. The molecule has 1 saturated heterocycles. The number of likely N-dealkylation sites (tertiary alicyclic amines) is 1. The van der Waals surface area contributed by atoms with E-state index in [0.717, 1.165) is 64.9 Å². The van der Waals surface area contributed by atoms with Crippen LogP contribution in [-0.2, 0) is 16.1 Å². The molecule has 2 amide bonds. The molecule has 0 unspecified atom stereocenters. The van der Waals surface area contributed by atoms with Crippen molar-refractivity contribution in [3.63, 3.8) is 0 Å². The largest absolute Gasteiger partial charge is 0.475 e. The van der Waals surface area contributed by atoms with E-state index in [9.17, 15) is 14.7 Å². The summed E-state index contributed by atoms with van der Waals surface area (Å²) in [7, 11) is 0. The van der Waals surface area contributed by atoms with Crippen LogP contribution in [0.25, 0.3) is 39.1 Å². The lowest BCUT2D eigenvalue weighted by Crippen LogP contribution is -2.41. The molecule has 0 spiro atoms. The van der Waals surface area contributed by atoms with E-state index in [2.05, 4.69) is 61.6 Å². The van der Waals surface area contributed by atoms with Crippen LogP contribution in [0.2, 0.25) is 0 Å². The van der Waals surface area contributed by atoms with Crippen LogP contribution in [0.5, 0.6) is 5.88 Å². The predicted octanol–water partition coefficient (Wildman–Crippen LogP) is 3.85. The van der Waals surface area contributed by atoms with E-state index in [4.69, 9.17) is 9.84 Å². The molecule has 0 saturated carbocycles. The van der Waals surface area contributed by atoms with E-state index in [1.165, 1.54) is 5.57 Å². The number of carbonyl (C=O) groups excluding carboxylic acids is 2. The number of β-amino-alcohol motifs (C(OH)–C–C–N with tert-alkyl or cyclic N) is 1. The number of aromatic nitrogens is 6. The number of fused-ring (bicyclic) bond motifs is 1. The number of pyridine rings is 1. The molecule has 1 atom stereocenters. The van der Waals surface area contributed by atoms with Crippen LogP contribution >= 0.6 is 0 Å². The highest BCUT2D eigenvalue weighted by atomic mass is 16.5.